The lowest BCUT2D eigenvalue weighted by atomic mass is 10.1. The number of anilines is 1. The van der Waals surface area contributed by atoms with Gasteiger partial charge in [-0.15, -0.1) is 0 Å². The fraction of sp³-hybridized carbons (Fsp3) is 0.235. The molecular formula is C17H19NO2. The van der Waals surface area contributed by atoms with Gasteiger partial charge in [0.2, 0.25) is 5.78 Å². The lowest BCUT2D eigenvalue weighted by Crippen LogP contribution is -2.00. The third-order valence-electron chi connectivity index (χ3n) is 3.03. The maximum atomic E-state index is 11.9. The van der Waals surface area contributed by atoms with E-state index in [-0.39, 0.29) is 5.78 Å². The predicted octanol–water partition coefficient (Wildman–Crippen LogP) is 4.35. The van der Waals surface area contributed by atoms with Crippen LogP contribution in [0.25, 0.3) is 0 Å². The number of carbonyl (C=O) groups is 1. The first-order valence-corrected chi connectivity index (χ1v) is 6.73. The predicted molar refractivity (Wildman–Crippen MR) is 81.0 cm³/mol. The third-order valence-corrected chi connectivity index (χ3v) is 3.03. The van der Waals surface area contributed by atoms with Crippen LogP contribution in [0.4, 0.5) is 5.69 Å². The molecule has 104 valence electrons. The highest BCUT2D eigenvalue weighted by atomic mass is 16.3. The Morgan fingerprint density at radius 1 is 1.20 bits per heavy atom. The van der Waals surface area contributed by atoms with Gasteiger partial charge in [0.05, 0.1) is 0 Å². The summed E-state index contributed by atoms with van der Waals surface area (Å²) in [5, 5.41) is 3.20. The number of hydrogen-bond acceptors (Lipinski definition) is 3. The molecular weight excluding hydrogens is 250 g/mol. The van der Waals surface area contributed by atoms with Crippen molar-refractivity contribution in [2.24, 2.45) is 0 Å². The molecule has 3 nitrogen and oxygen atoms in total. The summed E-state index contributed by atoms with van der Waals surface area (Å²) >= 11 is 0. The topological polar surface area (TPSA) is 42.2 Å². The molecule has 2 aromatic rings. The summed E-state index contributed by atoms with van der Waals surface area (Å²) < 4.78 is 5.30. The summed E-state index contributed by atoms with van der Waals surface area (Å²) in [6.07, 6.45) is 2.57. The first kappa shape index (κ1) is 14.1. The minimum Gasteiger partial charge on any atom is -0.458 e. The number of furan rings is 1. The Morgan fingerprint density at radius 2 is 1.90 bits per heavy atom. The Hall–Kier alpha value is -2.29. The van der Waals surface area contributed by atoms with Crippen molar-refractivity contribution in [1.29, 1.82) is 0 Å². The SMILES string of the molecule is CCc1ccc(N/C(C)=C/C(=O)c2ccc(C)o2)cc1. The average Bonchev–Trinajstić information content (AvgIpc) is 2.86. The van der Waals surface area contributed by atoms with E-state index < -0.39 is 0 Å². The van der Waals surface area contributed by atoms with Crippen LogP contribution in [0.2, 0.25) is 0 Å². The Kier molecular flexibility index (Phi) is 4.41. The van der Waals surface area contributed by atoms with Crippen LogP contribution in [-0.4, -0.2) is 5.78 Å². The normalized spacial score (nSPS) is 11.4. The molecule has 1 heterocycles. The molecule has 1 aromatic heterocycles. The highest BCUT2D eigenvalue weighted by Crippen LogP contribution is 2.13. The van der Waals surface area contributed by atoms with Crippen LogP contribution in [-0.2, 0) is 6.42 Å². The minimum atomic E-state index is -0.131. The molecule has 0 spiro atoms. The van der Waals surface area contributed by atoms with Crippen LogP contribution >= 0.6 is 0 Å². The zero-order valence-electron chi connectivity index (χ0n) is 12.1. The van der Waals surface area contributed by atoms with Gasteiger partial charge in [0.25, 0.3) is 0 Å². The Morgan fingerprint density at radius 3 is 2.45 bits per heavy atom. The number of allylic oxidation sites excluding steroid dienone is 2. The minimum absolute atomic E-state index is 0.131. The van der Waals surface area contributed by atoms with Crippen molar-refractivity contribution >= 4 is 11.5 Å². The van der Waals surface area contributed by atoms with Crippen LogP contribution < -0.4 is 5.32 Å². The largest absolute Gasteiger partial charge is 0.458 e. The van der Waals surface area contributed by atoms with Gasteiger partial charge >= 0.3 is 0 Å². The number of carbonyl (C=O) groups excluding carboxylic acids is 1. The first-order chi connectivity index (χ1) is 9.58. The highest BCUT2D eigenvalue weighted by molar-refractivity contribution is 6.03. The van der Waals surface area contributed by atoms with Gasteiger partial charge in [-0.05, 0) is 50.1 Å². The number of hydrogen-bond donors (Lipinski definition) is 1. The van der Waals surface area contributed by atoms with Gasteiger partial charge < -0.3 is 9.73 Å². The van der Waals surface area contributed by atoms with E-state index in [2.05, 4.69) is 24.4 Å². The molecule has 1 N–H and O–H groups in total. The summed E-state index contributed by atoms with van der Waals surface area (Å²) in [4.78, 5) is 11.9. The quantitative estimate of drug-likeness (QED) is 0.648. The van der Waals surface area contributed by atoms with Crippen molar-refractivity contribution < 1.29 is 9.21 Å². The maximum Gasteiger partial charge on any atom is 0.222 e. The number of nitrogens with one attached hydrogen (secondary N) is 1. The van der Waals surface area contributed by atoms with Crippen molar-refractivity contribution in [2.45, 2.75) is 27.2 Å². The van der Waals surface area contributed by atoms with Gasteiger partial charge in [-0.2, -0.15) is 0 Å². The summed E-state index contributed by atoms with van der Waals surface area (Å²) in [5.41, 5.74) is 3.05. The van der Waals surface area contributed by atoms with Gasteiger partial charge in [-0.25, -0.2) is 0 Å². The van der Waals surface area contributed by atoms with E-state index in [1.807, 2.05) is 26.0 Å². The second-order valence-corrected chi connectivity index (χ2v) is 4.78. The molecule has 3 heteroatoms. The third kappa shape index (κ3) is 3.60. The average molecular weight is 269 g/mol. The summed E-state index contributed by atoms with van der Waals surface area (Å²) in [6.45, 7) is 5.81. The lowest BCUT2D eigenvalue weighted by Gasteiger charge is -2.06. The van der Waals surface area contributed by atoms with E-state index in [0.29, 0.717) is 5.76 Å². The van der Waals surface area contributed by atoms with Gasteiger partial charge in [-0.1, -0.05) is 19.1 Å². The Bertz CT molecular complexity index is 621. The van der Waals surface area contributed by atoms with Gasteiger partial charge in [-0.3, -0.25) is 4.79 Å². The van der Waals surface area contributed by atoms with Crippen molar-refractivity contribution in [3.63, 3.8) is 0 Å². The molecule has 0 fully saturated rings. The van der Waals surface area contributed by atoms with Crippen molar-refractivity contribution in [2.75, 3.05) is 5.32 Å². The molecule has 1 aromatic carbocycles. The summed E-state index contributed by atoms with van der Waals surface area (Å²) in [7, 11) is 0. The number of benzene rings is 1. The molecule has 0 saturated heterocycles. The molecule has 2 rings (SSSR count). The molecule has 20 heavy (non-hydrogen) atoms. The molecule has 0 aliphatic heterocycles. The second-order valence-electron chi connectivity index (χ2n) is 4.78. The van der Waals surface area contributed by atoms with Gasteiger partial charge in [0.1, 0.15) is 5.76 Å². The van der Waals surface area contributed by atoms with Crippen LogP contribution in [0.3, 0.4) is 0 Å². The zero-order chi connectivity index (χ0) is 14.5. The molecule has 0 radical (unpaired) electrons. The first-order valence-electron chi connectivity index (χ1n) is 6.73. The van der Waals surface area contributed by atoms with Crippen LogP contribution in [0.5, 0.6) is 0 Å². The van der Waals surface area contributed by atoms with Gasteiger partial charge in [0, 0.05) is 17.5 Å². The van der Waals surface area contributed by atoms with E-state index in [1.165, 1.54) is 5.56 Å². The molecule has 0 saturated carbocycles. The van der Waals surface area contributed by atoms with Crippen LogP contribution in [0.15, 0.2) is 52.6 Å². The zero-order valence-corrected chi connectivity index (χ0v) is 12.1. The molecule has 0 aliphatic rings. The molecule has 0 bridgehead atoms. The smallest absolute Gasteiger partial charge is 0.222 e. The maximum absolute atomic E-state index is 11.9. The lowest BCUT2D eigenvalue weighted by molar-refractivity contribution is 0.102. The molecule has 0 amide bonds. The van der Waals surface area contributed by atoms with Crippen LogP contribution in [0.1, 0.15) is 35.7 Å². The van der Waals surface area contributed by atoms with E-state index in [1.54, 1.807) is 18.2 Å². The van der Waals surface area contributed by atoms with Crippen LogP contribution in [0, 0.1) is 6.92 Å². The number of rotatable bonds is 5. The number of ketones is 1. The van der Waals surface area contributed by atoms with Crippen molar-refractivity contribution in [3.05, 3.63) is 65.3 Å². The van der Waals surface area contributed by atoms with E-state index in [9.17, 15) is 4.79 Å². The second kappa shape index (κ2) is 6.24. The standard InChI is InChI=1S/C17H19NO2/c1-4-14-6-8-15(9-7-14)18-12(2)11-16(19)17-10-5-13(3)20-17/h5-11,18H,4H2,1-3H3/b12-11+. The monoisotopic (exact) mass is 269 g/mol. The fourth-order valence-electron chi connectivity index (χ4n) is 1.92. The molecule has 0 aliphatic carbocycles. The van der Waals surface area contributed by atoms with Crippen molar-refractivity contribution in [1.82, 2.24) is 0 Å². The highest BCUT2D eigenvalue weighted by Gasteiger charge is 2.07. The summed E-state index contributed by atoms with van der Waals surface area (Å²) in [6, 6.07) is 11.7. The van der Waals surface area contributed by atoms with E-state index in [0.717, 1.165) is 23.6 Å². The fourth-order valence-corrected chi connectivity index (χ4v) is 1.92. The van der Waals surface area contributed by atoms with E-state index >= 15 is 0 Å². The van der Waals surface area contributed by atoms with Gasteiger partial charge in [0.15, 0.2) is 5.76 Å². The van der Waals surface area contributed by atoms with E-state index in [4.69, 9.17) is 4.42 Å². The number of aryl methyl sites for hydroxylation is 2. The Balaban J connectivity index is 2.04. The molecule has 0 unspecified atom stereocenters. The summed E-state index contributed by atoms with van der Waals surface area (Å²) in [5.74, 6) is 0.973. The Labute approximate surface area is 119 Å². The van der Waals surface area contributed by atoms with Crippen molar-refractivity contribution in [3.8, 4) is 0 Å². The molecule has 0 atom stereocenters.